The Morgan fingerprint density at radius 2 is 2.46 bits per heavy atom. The highest BCUT2D eigenvalue weighted by molar-refractivity contribution is 5.76. The van der Waals surface area contributed by atoms with Crippen molar-refractivity contribution in [2.75, 3.05) is 13.2 Å². The summed E-state index contributed by atoms with van der Waals surface area (Å²) >= 11 is 0. The molecule has 0 aliphatic carbocycles. The molecule has 0 aromatic rings. The fourth-order valence-electron chi connectivity index (χ4n) is 0.716. The molecule has 0 rings (SSSR count). The van der Waals surface area contributed by atoms with E-state index in [-0.39, 0.29) is 18.9 Å². The lowest BCUT2D eigenvalue weighted by atomic mass is 10.4. The van der Waals surface area contributed by atoms with Crippen molar-refractivity contribution < 1.29 is 9.63 Å². The minimum atomic E-state index is -0.151. The highest BCUT2D eigenvalue weighted by Crippen LogP contribution is 1.96. The zero-order chi connectivity index (χ0) is 10.1. The molecule has 72 valence electrons. The van der Waals surface area contributed by atoms with Crippen molar-refractivity contribution in [3.63, 3.8) is 0 Å². The van der Waals surface area contributed by atoms with Crippen LogP contribution in [0.15, 0.2) is 12.7 Å². The maximum Gasteiger partial charge on any atom is 0.250 e. The van der Waals surface area contributed by atoms with Gasteiger partial charge in [-0.2, -0.15) is 0 Å². The van der Waals surface area contributed by atoms with Gasteiger partial charge < -0.3 is 0 Å². The van der Waals surface area contributed by atoms with Crippen LogP contribution in [0.3, 0.4) is 0 Å². The number of hydroxylamine groups is 2. The molecule has 0 aromatic heterocycles. The Bertz CT molecular complexity index is 205. The van der Waals surface area contributed by atoms with Gasteiger partial charge in [0.15, 0.2) is 0 Å². The molecule has 1 amide bonds. The van der Waals surface area contributed by atoms with Crippen LogP contribution in [0.1, 0.15) is 19.8 Å². The van der Waals surface area contributed by atoms with E-state index >= 15 is 0 Å². The number of carbonyl (C=O) groups excluding carboxylic acids is 1. The fraction of sp³-hybridized carbons (Fsp3) is 0.500. The molecule has 0 heterocycles. The maximum atomic E-state index is 11.3. The number of hydrogen-bond donors (Lipinski definition) is 0. The summed E-state index contributed by atoms with van der Waals surface area (Å²) < 4.78 is 0. The second-order valence-corrected chi connectivity index (χ2v) is 2.46. The summed E-state index contributed by atoms with van der Waals surface area (Å²) in [5.41, 5.74) is 0. The molecule has 0 saturated carbocycles. The minimum Gasteiger partial charge on any atom is -0.272 e. The van der Waals surface area contributed by atoms with Gasteiger partial charge in [0.2, 0.25) is 0 Å². The Labute approximate surface area is 79.3 Å². The van der Waals surface area contributed by atoms with Gasteiger partial charge in [0.1, 0.15) is 6.54 Å². The normalized spacial score (nSPS) is 8.92. The molecule has 3 heteroatoms. The van der Waals surface area contributed by atoms with Crippen LogP contribution in [0, 0.1) is 12.3 Å². The third kappa shape index (κ3) is 5.05. The zero-order valence-corrected chi connectivity index (χ0v) is 7.95. The van der Waals surface area contributed by atoms with Gasteiger partial charge in [0, 0.05) is 6.42 Å². The van der Waals surface area contributed by atoms with Gasteiger partial charge in [-0.1, -0.05) is 18.9 Å². The molecule has 0 bridgehead atoms. The van der Waals surface area contributed by atoms with Crippen LogP contribution in [0.2, 0.25) is 0 Å². The zero-order valence-electron chi connectivity index (χ0n) is 7.95. The summed E-state index contributed by atoms with van der Waals surface area (Å²) in [5, 5.41) is 1.20. The summed E-state index contributed by atoms with van der Waals surface area (Å²) in [6, 6.07) is 0. The van der Waals surface area contributed by atoms with Crippen molar-refractivity contribution in [1.82, 2.24) is 5.06 Å². The molecule has 0 aliphatic heterocycles. The predicted octanol–water partition coefficient (Wildman–Crippen LogP) is 1.37. The summed E-state index contributed by atoms with van der Waals surface area (Å²) in [7, 11) is 0. The lowest BCUT2D eigenvalue weighted by Gasteiger charge is -2.18. The van der Waals surface area contributed by atoms with Crippen LogP contribution >= 0.6 is 0 Å². The number of carbonyl (C=O) groups is 1. The lowest BCUT2D eigenvalue weighted by molar-refractivity contribution is -0.181. The first-order valence-electron chi connectivity index (χ1n) is 4.23. The van der Waals surface area contributed by atoms with Gasteiger partial charge in [-0.3, -0.25) is 9.63 Å². The van der Waals surface area contributed by atoms with Gasteiger partial charge in [-0.15, -0.1) is 13.0 Å². The van der Waals surface area contributed by atoms with E-state index < -0.39 is 0 Å². The van der Waals surface area contributed by atoms with Gasteiger partial charge in [-0.05, 0) is 6.42 Å². The van der Waals surface area contributed by atoms with Gasteiger partial charge >= 0.3 is 0 Å². The molecule has 13 heavy (non-hydrogen) atoms. The monoisotopic (exact) mass is 181 g/mol. The van der Waals surface area contributed by atoms with Crippen molar-refractivity contribution in [3.05, 3.63) is 12.7 Å². The number of rotatable bonds is 6. The van der Waals surface area contributed by atoms with Crippen molar-refractivity contribution in [1.29, 1.82) is 0 Å². The number of nitrogens with zero attached hydrogens (tertiary/aromatic N) is 1. The lowest BCUT2D eigenvalue weighted by Crippen LogP contribution is -2.31. The quantitative estimate of drug-likeness (QED) is 0.352. The van der Waals surface area contributed by atoms with Crippen molar-refractivity contribution in [3.8, 4) is 12.3 Å². The van der Waals surface area contributed by atoms with E-state index in [0.717, 1.165) is 6.42 Å². The SMILES string of the molecule is C#CCN(OCCC)C(=O)CC=C. The molecule has 3 nitrogen and oxygen atoms in total. The predicted molar refractivity (Wildman–Crippen MR) is 51.6 cm³/mol. The topological polar surface area (TPSA) is 29.5 Å². The minimum absolute atomic E-state index is 0.151. The van der Waals surface area contributed by atoms with E-state index in [4.69, 9.17) is 11.3 Å². The Balaban J connectivity index is 3.99. The van der Waals surface area contributed by atoms with Crippen LogP contribution in [-0.2, 0) is 9.63 Å². The Morgan fingerprint density at radius 3 is 2.92 bits per heavy atom. The molecule has 0 saturated heterocycles. The number of terminal acetylenes is 1. The molecule has 0 spiro atoms. The second kappa shape index (κ2) is 7.38. The van der Waals surface area contributed by atoms with E-state index in [1.54, 1.807) is 0 Å². The summed E-state index contributed by atoms with van der Waals surface area (Å²) in [6.07, 6.45) is 7.72. The van der Waals surface area contributed by atoms with Gasteiger partial charge in [-0.25, -0.2) is 5.06 Å². The molecule has 0 N–H and O–H groups in total. The molecule has 0 unspecified atom stereocenters. The largest absolute Gasteiger partial charge is 0.272 e. The van der Waals surface area contributed by atoms with Crippen LogP contribution in [0.25, 0.3) is 0 Å². The maximum absolute atomic E-state index is 11.3. The van der Waals surface area contributed by atoms with E-state index in [9.17, 15) is 4.79 Å². The standard InChI is InChI=1S/C10H15NO2/c1-4-7-10(12)11(8-5-2)13-9-6-3/h2,4H,1,6-9H2,3H3. The molecule has 0 radical (unpaired) electrons. The molecule has 0 fully saturated rings. The van der Waals surface area contributed by atoms with Crippen molar-refractivity contribution in [2.24, 2.45) is 0 Å². The first kappa shape index (κ1) is 11.7. The summed E-state index contributed by atoms with van der Waals surface area (Å²) in [5.74, 6) is 2.21. The van der Waals surface area contributed by atoms with Crippen molar-refractivity contribution >= 4 is 5.91 Å². The van der Waals surface area contributed by atoms with E-state index in [1.807, 2.05) is 6.92 Å². The number of amides is 1. The van der Waals surface area contributed by atoms with Crippen LogP contribution in [0.5, 0.6) is 0 Å². The molecule has 0 aromatic carbocycles. The Kier molecular flexibility index (Phi) is 6.66. The van der Waals surface area contributed by atoms with E-state index in [0.29, 0.717) is 6.61 Å². The van der Waals surface area contributed by atoms with Gasteiger partial charge in [0.05, 0.1) is 6.61 Å². The third-order valence-corrected chi connectivity index (χ3v) is 1.28. The van der Waals surface area contributed by atoms with E-state index in [1.165, 1.54) is 11.1 Å². The summed E-state index contributed by atoms with van der Waals surface area (Å²) in [4.78, 5) is 16.4. The van der Waals surface area contributed by atoms with E-state index in [2.05, 4.69) is 12.5 Å². The summed E-state index contributed by atoms with van der Waals surface area (Å²) in [6.45, 7) is 6.12. The van der Waals surface area contributed by atoms with Crippen LogP contribution in [-0.4, -0.2) is 24.1 Å². The molecule has 0 aliphatic rings. The first-order valence-corrected chi connectivity index (χ1v) is 4.23. The molecular weight excluding hydrogens is 166 g/mol. The highest BCUT2D eigenvalue weighted by Gasteiger charge is 2.10. The fourth-order valence-corrected chi connectivity index (χ4v) is 0.716. The first-order chi connectivity index (χ1) is 6.26. The molecule has 0 atom stereocenters. The highest BCUT2D eigenvalue weighted by atomic mass is 16.7. The van der Waals surface area contributed by atoms with Gasteiger partial charge in [0.25, 0.3) is 5.91 Å². The van der Waals surface area contributed by atoms with Crippen LogP contribution in [0.4, 0.5) is 0 Å². The average Bonchev–Trinajstić information content (AvgIpc) is 2.12. The average molecular weight is 181 g/mol. The Morgan fingerprint density at radius 1 is 1.77 bits per heavy atom. The van der Waals surface area contributed by atoms with Crippen molar-refractivity contribution in [2.45, 2.75) is 19.8 Å². The van der Waals surface area contributed by atoms with Crippen LogP contribution < -0.4 is 0 Å². The smallest absolute Gasteiger partial charge is 0.250 e. The Hall–Kier alpha value is -1.27. The number of hydrogen-bond acceptors (Lipinski definition) is 2. The third-order valence-electron chi connectivity index (χ3n) is 1.28. The molecular formula is C10H15NO2. The second-order valence-electron chi connectivity index (χ2n) is 2.46.